The number of benzene rings is 3. The number of hydrogen-bond donors (Lipinski definition) is 0. The van der Waals surface area contributed by atoms with Gasteiger partial charge in [-0.3, -0.25) is 0 Å². The van der Waals surface area contributed by atoms with Gasteiger partial charge in [-0.1, -0.05) is 59.9 Å². The molecule has 6 rings (SSSR count). The van der Waals surface area contributed by atoms with E-state index in [0.717, 1.165) is 37.1 Å². The van der Waals surface area contributed by atoms with Gasteiger partial charge in [-0.25, -0.2) is 9.97 Å². The second kappa shape index (κ2) is 9.00. The smallest absolute Gasteiger partial charge is 0.416 e. The summed E-state index contributed by atoms with van der Waals surface area (Å²) < 4.78 is 46.4. The number of hydrogen-bond acceptors (Lipinski definition) is 6. The van der Waals surface area contributed by atoms with Gasteiger partial charge >= 0.3 is 6.18 Å². The maximum absolute atomic E-state index is 13.1. The second-order valence-electron chi connectivity index (χ2n) is 8.09. The standard InChI is InChI=1S/C27H16F3N3OS2/c28-27(29,30)18-8-5-6-16(12-18)13-19-15-31-26(35-19)33-24-20(14-17-7-1-3-10-22(17)34-24)25-32-21-9-2-4-11-23(21)36-25/h1-12,14-15H,13H2/b33-24-. The predicted molar refractivity (Wildman–Crippen MR) is 136 cm³/mol. The molecule has 3 aromatic heterocycles. The Morgan fingerprint density at radius 1 is 0.889 bits per heavy atom. The predicted octanol–water partition coefficient (Wildman–Crippen LogP) is 8.01. The minimum absolute atomic E-state index is 0.330. The zero-order valence-corrected chi connectivity index (χ0v) is 20.1. The molecule has 3 aromatic carbocycles. The van der Waals surface area contributed by atoms with E-state index in [1.54, 1.807) is 23.6 Å². The molecule has 178 valence electrons. The van der Waals surface area contributed by atoms with E-state index in [9.17, 15) is 13.2 Å². The Morgan fingerprint density at radius 3 is 2.58 bits per heavy atom. The number of nitrogens with zero attached hydrogens (tertiary/aromatic N) is 3. The molecule has 0 fully saturated rings. The zero-order valence-electron chi connectivity index (χ0n) is 18.5. The van der Waals surface area contributed by atoms with Crippen LogP contribution in [-0.2, 0) is 12.6 Å². The normalized spacial score (nSPS) is 12.6. The lowest BCUT2D eigenvalue weighted by atomic mass is 10.1. The van der Waals surface area contributed by atoms with Gasteiger partial charge in [0, 0.05) is 22.9 Å². The van der Waals surface area contributed by atoms with Crippen LogP contribution in [0.3, 0.4) is 0 Å². The van der Waals surface area contributed by atoms with Gasteiger partial charge in [0.2, 0.25) is 10.7 Å². The van der Waals surface area contributed by atoms with Crippen molar-refractivity contribution in [1.29, 1.82) is 0 Å². The maximum Gasteiger partial charge on any atom is 0.416 e. The van der Waals surface area contributed by atoms with Crippen molar-refractivity contribution in [3.63, 3.8) is 0 Å². The van der Waals surface area contributed by atoms with Gasteiger partial charge in [-0.05, 0) is 35.9 Å². The minimum Gasteiger partial charge on any atom is -0.438 e. The van der Waals surface area contributed by atoms with Crippen molar-refractivity contribution >= 4 is 49.0 Å². The summed E-state index contributed by atoms with van der Waals surface area (Å²) in [4.78, 5) is 14.6. The van der Waals surface area contributed by atoms with E-state index >= 15 is 0 Å². The molecule has 9 heteroatoms. The number of halogens is 3. The molecule has 0 bridgehead atoms. The van der Waals surface area contributed by atoms with Crippen LogP contribution in [0.25, 0.3) is 31.8 Å². The summed E-state index contributed by atoms with van der Waals surface area (Å²) in [6, 6.07) is 22.9. The lowest BCUT2D eigenvalue weighted by molar-refractivity contribution is -0.137. The minimum atomic E-state index is -4.38. The Labute approximate surface area is 211 Å². The number of alkyl halides is 3. The summed E-state index contributed by atoms with van der Waals surface area (Å²) >= 11 is 2.87. The second-order valence-corrected chi connectivity index (χ2v) is 10.2. The van der Waals surface area contributed by atoms with Crippen LogP contribution in [0.5, 0.6) is 0 Å². The Kier molecular flexibility index (Phi) is 5.66. The summed E-state index contributed by atoms with van der Waals surface area (Å²) in [5.74, 6) is 0. The molecule has 0 aliphatic rings. The van der Waals surface area contributed by atoms with Crippen LogP contribution >= 0.6 is 22.7 Å². The maximum atomic E-state index is 13.1. The van der Waals surface area contributed by atoms with Gasteiger partial charge in [0.05, 0.1) is 21.3 Å². The molecule has 3 heterocycles. The molecule has 0 unspecified atom stereocenters. The summed E-state index contributed by atoms with van der Waals surface area (Å²) in [5.41, 5.74) is 2.61. The fourth-order valence-electron chi connectivity index (χ4n) is 3.87. The molecule has 36 heavy (non-hydrogen) atoms. The average Bonchev–Trinajstić information content (AvgIpc) is 3.50. The molecular weight excluding hydrogens is 503 g/mol. The third-order valence-corrected chi connectivity index (χ3v) is 7.51. The fourth-order valence-corrected chi connectivity index (χ4v) is 5.66. The fraction of sp³-hybridized carbons (Fsp3) is 0.0741. The highest BCUT2D eigenvalue weighted by molar-refractivity contribution is 7.21. The summed E-state index contributed by atoms with van der Waals surface area (Å²) in [5, 5.41) is 2.17. The van der Waals surface area contributed by atoms with E-state index in [0.29, 0.717) is 28.3 Å². The monoisotopic (exact) mass is 519 g/mol. The van der Waals surface area contributed by atoms with Crippen molar-refractivity contribution in [2.75, 3.05) is 0 Å². The van der Waals surface area contributed by atoms with Crippen molar-refractivity contribution < 1.29 is 17.6 Å². The van der Waals surface area contributed by atoms with Crippen LogP contribution in [0.15, 0.2) is 94.5 Å². The van der Waals surface area contributed by atoms with Crippen LogP contribution < -0.4 is 5.55 Å². The highest BCUT2D eigenvalue weighted by Gasteiger charge is 2.30. The summed E-state index contributed by atoms with van der Waals surface area (Å²) in [7, 11) is 0. The van der Waals surface area contributed by atoms with Crippen molar-refractivity contribution in [2.24, 2.45) is 4.99 Å². The summed E-state index contributed by atoms with van der Waals surface area (Å²) in [6.45, 7) is 0. The molecular formula is C27H16F3N3OS2. The Bertz CT molecular complexity index is 1750. The van der Waals surface area contributed by atoms with Crippen molar-refractivity contribution in [3.05, 3.63) is 107 Å². The van der Waals surface area contributed by atoms with Gasteiger partial charge in [0.15, 0.2) is 0 Å². The molecule has 0 atom stereocenters. The van der Waals surface area contributed by atoms with E-state index in [4.69, 9.17) is 9.40 Å². The topological polar surface area (TPSA) is 51.3 Å². The number of fused-ring (bicyclic) bond motifs is 2. The van der Waals surface area contributed by atoms with Crippen LogP contribution in [0.1, 0.15) is 16.0 Å². The molecule has 0 spiro atoms. The first-order valence-electron chi connectivity index (χ1n) is 11.0. The van der Waals surface area contributed by atoms with Gasteiger partial charge < -0.3 is 4.42 Å². The molecule has 0 aliphatic carbocycles. The van der Waals surface area contributed by atoms with Crippen molar-refractivity contribution in [2.45, 2.75) is 12.6 Å². The van der Waals surface area contributed by atoms with E-state index in [1.807, 2.05) is 54.6 Å². The highest BCUT2D eigenvalue weighted by Crippen LogP contribution is 2.32. The quantitative estimate of drug-likeness (QED) is 0.237. The first kappa shape index (κ1) is 22.6. The van der Waals surface area contributed by atoms with Gasteiger partial charge in [0.25, 0.3) is 0 Å². The number of para-hydroxylation sites is 2. The molecule has 0 radical (unpaired) electrons. The SMILES string of the molecule is FC(F)(F)c1cccc(Cc2cnc(/N=c3\oc4ccccc4cc3-c3nc4ccccc4s3)s2)c1. The van der Waals surface area contributed by atoms with Gasteiger partial charge in [0.1, 0.15) is 10.6 Å². The molecule has 0 amide bonds. The van der Waals surface area contributed by atoms with Crippen LogP contribution in [-0.4, -0.2) is 9.97 Å². The van der Waals surface area contributed by atoms with E-state index in [-0.39, 0.29) is 0 Å². The van der Waals surface area contributed by atoms with Crippen molar-refractivity contribution in [3.8, 4) is 10.6 Å². The number of aromatic nitrogens is 2. The van der Waals surface area contributed by atoms with Crippen molar-refractivity contribution in [1.82, 2.24) is 9.97 Å². The molecule has 6 aromatic rings. The number of thiazole rings is 2. The lowest BCUT2D eigenvalue weighted by Gasteiger charge is -2.07. The zero-order chi connectivity index (χ0) is 24.7. The van der Waals surface area contributed by atoms with E-state index in [2.05, 4.69) is 9.98 Å². The van der Waals surface area contributed by atoms with Crippen LogP contribution in [0.4, 0.5) is 18.3 Å². The molecule has 0 saturated carbocycles. The Balaban J connectivity index is 1.41. The molecule has 0 aliphatic heterocycles. The summed E-state index contributed by atoms with van der Waals surface area (Å²) in [6.07, 6.45) is -2.41. The molecule has 4 nitrogen and oxygen atoms in total. The highest BCUT2D eigenvalue weighted by atomic mass is 32.1. The Hall–Kier alpha value is -3.82. The van der Waals surface area contributed by atoms with Gasteiger partial charge in [-0.15, -0.1) is 11.3 Å². The lowest BCUT2D eigenvalue weighted by Crippen LogP contribution is -2.05. The number of rotatable bonds is 4. The molecule has 0 saturated heterocycles. The van der Waals surface area contributed by atoms with Gasteiger partial charge in [-0.2, -0.15) is 18.2 Å². The van der Waals surface area contributed by atoms with Crippen LogP contribution in [0.2, 0.25) is 0 Å². The molecule has 0 N–H and O–H groups in total. The first-order chi connectivity index (χ1) is 17.4. The largest absolute Gasteiger partial charge is 0.438 e. The van der Waals surface area contributed by atoms with E-state index < -0.39 is 11.7 Å². The van der Waals surface area contributed by atoms with E-state index in [1.165, 1.54) is 23.5 Å². The Morgan fingerprint density at radius 2 is 1.72 bits per heavy atom. The first-order valence-corrected chi connectivity index (χ1v) is 12.6. The average molecular weight is 520 g/mol. The third-order valence-electron chi connectivity index (χ3n) is 5.55. The third kappa shape index (κ3) is 4.55. The van der Waals surface area contributed by atoms with Crippen LogP contribution in [0, 0.1) is 0 Å².